The van der Waals surface area contributed by atoms with E-state index in [0.717, 1.165) is 16.2 Å². The van der Waals surface area contributed by atoms with Gasteiger partial charge in [-0.3, -0.25) is 4.79 Å². The van der Waals surface area contributed by atoms with Crippen molar-refractivity contribution in [1.82, 2.24) is 15.1 Å². The van der Waals surface area contributed by atoms with Crippen molar-refractivity contribution in [1.29, 1.82) is 0 Å². The number of amides is 1. The molecule has 0 aliphatic heterocycles. The Morgan fingerprint density at radius 3 is 2.81 bits per heavy atom. The third kappa shape index (κ3) is 4.53. The van der Waals surface area contributed by atoms with Crippen LogP contribution in [-0.4, -0.2) is 21.0 Å². The van der Waals surface area contributed by atoms with Crippen molar-refractivity contribution in [3.63, 3.8) is 0 Å². The molecule has 0 fully saturated rings. The molecule has 4 aromatic heterocycles. The van der Waals surface area contributed by atoms with E-state index in [-0.39, 0.29) is 5.91 Å². The summed E-state index contributed by atoms with van der Waals surface area (Å²) >= 11 is 3.21. The summed E-state index contributed by atoms with van der Waals surface area (Å²) in [6.07, 6.45) is 2.33. The summed E-state index contributed by atoms with van der Waals surface area (Å²) in [7, 11) is 0. The van der Waals surface area contributed by atoms with Crippen LogP contribution in [0.25, 0.3) is 11.5 Å². The van der Waals surface area contributed by atoms with Crippen LogP contribution in [0.2, 0.25) is 0 Å². The number of hydrogen-bond donors (Lipinski definition) is 0. The minimum Gasteiger partial charge on any atom is -0.467 e. The van der Waals surface area contributed by atoms with Crippen molar-refractivity contribution in [3.05, 3.63) is 69.3 Å². The molecule has 8 heteroatoms. The van der Waals surface area contributed by atoms with Crippen LogP contribution >= 0.6 is 22.7 Å². The molecular formula is C19H17N3O3S2. The van der Waals surface area contributed by atoms with Crippen molar-refractivity contribution in [3.8, 4) is 11.5 Å². The smallest absolute Gasteiger partial charge is 0.248 e. The van der Waals surface area contributed by atoms with E-state index in [1.54, 1.807) is 33.8 Å². The highest BCUT2D eigenvalue weighted by atomic mass is 32.1. The monoisotopic (exact) mass is 399 g/mol. The molecule has 138 valence electrons. The lowest BCUT2D eigenvalue weighted by Crippen LogP contribution is -2.29. The van der Waals surface area contributed by atoms with Gasteiger partial charge in [-0.15, -0.1) is 21.5 Å². The van der Waals surface area contributed by atoms with Crippen molar-refractivity contribution < 1.29 is 13.6 Å². The zero-order chi connectivity index (χ0) is 18.5. The number of carbonyl (C=O) groups is 1. The summed E-state index contributed by atoms with van der Waals surface area (Å²) in [4.78, 5) is 15.7. The number of aromatic nitrogens is 2. The van der Waals surface area contributed by atoms with Gasteiger partial charge in [0.2, 0.25) is 17.7 Å². The fourth-order valence-electron chi connectivity index (χ4n) is 2.64. The molecular weight excluding hydrogens is 382 g/mol. The Morgan fingerprint density at radius 2 is 2.07 bits per heavy atom. The minimum atomic E-state index is 0.0232. The molecule has 0 aromatic carbocycles. The van der Waals surface area contributed by atoms with Crippen molar-refractivity contribution in [2.45, 2.75) is 25.9 Å². The van der Waals surface area contributed by atoms with Gasteiger partial charge in [-0.25, -0.2) is 0 Å². The lowest BCUT2D eigenvalue weighted by Gasteiger charge is -2.20. The third-order valence-corrected chi connectivity index (χ3v) is 5.54. The van der Waals surface area contributed by atoms with Gasteiger partial charge in [0, 0.05) is 28.7 Å². The Morgan fingerprint density at radius 1 is 1.11 bits per heavy atom. The van der Waals surface area contributed by atoms with Crippen LogP contribution in [0, 0.1) is 0 Å². The maximum absolute atomic E-state index is 12.8. The molecule has 0 radical (unpaired) electrons. The average molecular weight is 399 g/mol. The highest BCUT2D eigenvalue weighted by Gasteiger charge is 2.18. The summed E-state index contributed by atoms with van der Waals surface area (Å²) in [5.74, 6) is 1.75. The fourth-order valence-corrected chi connectivity index (χ4v) is 3.99. The van der Waals surface area contributed by atoms with Crippen molar-refractivity contribution in [2.24, 2.45) is 0 Å². The fraction of sp³-hybridized carbons (Fsp3) is 0.211. The van der Waals surface area contributed by atoms with Crippen LogP contribution < -0.4 is 0 Å². The molecule has 6 nitrogen and oxygen atoms in total. The van der Waals surface area contributed by atoms with Gasteiger partial charge in [-0.2, -0.15) is 11.3 Å². The van der Waals surface area contributed by atoms with Crippen LogP contribution in [0.1, 0.15) is 22.9 Å². The highest BCUT2D eigenvalue weighted by molar-refractivity contribution is 7.09. The van der Waals surface area contributed by atoms with Crippen LogP contribution in [0.4, 0.5) is 0 Å². The number of hydrogen-bond acceptors (Lipinski definition) is 7. The quantitative estimate of drug-likeness (QED) is 0.432. The summed E-state index contributed by atoms with van der Waals surface area (Å²) in [5, 5.41) is 14.0. The van der Waals surface area contributed by atoms with Gasteiger partial charge in [0.1, 0.15) is 5.76 Å². The molecule has 0 unspecified atom stereocenters. The zero-order valence-corrected chi connectivity index (χ0v) is 16.0. The van der Waals surface area contributed by atoms with Gasteiger partial charge in [-0.05, 0) is 35.0 Å². The third-order valence-electron chi connectivity index (χ3n) is 3.99. The molecule has 0 saturated carbocycles. The van der Waals surface area contributed by atoms with Crippen LogP contribution in [-0.2, 0) is 24.3 Å². The van der Waals surface area contributed by atoms with Crippen molar-refractivity contribution >= 4 is 28.6 Å². The molecule has 0 spiro atoms. The summed E-state index contributed by atoms with van der Waals surface area (Å²) in [6.45, 7) is 0.995. The van der Waals surface area contributed by atoms with E-state index in [0.29, 0.717) is 37.7 Å². The van der Waals surface area contributed by atoms with Crippen LogP contribution in [0.3, 0.4) is 0 Å². The molecule has 0 N–H and O–H groups in total. The molecule has 1 amide bonds. The predicted octanol–water partition coefficient (Wildman–Crippen LogP) is 4.61. The van der Waals surface area contributed by atoms with Crippen LogP contribution in [0.5, 0.6) is 0 Å². The van der Waals surface area contributed by atoms with Crippen molar-refractivity contribution in [2.75, 3.05) is 0 Å². The lowest BCUT2D eigenvalue weighted by atomic mass is 10.2. The normalized spacial score (nSPS) is 11.0. The Balaban J connectivity index is 1.40. The predicted molar refractivity (Wildman–Crippen MR) is 103 cm³/mol. The first-order valence-corrected chi connectivity index (χ1v) is 10.3. The molecule has 27 heavy (non-hydrogen) atoms. The maximum atomic E-state index is 12.8. The zero-order valence-electron chi connectivity index (χ0n) is 14.4. The van der Waals surface area contributed by atoms with Crippen LogP contribution in [0.15, 0.2) is 61.6 Å². The number of thiophene rings is 2. The lowest BCUT2D eigenvalue weighted by molar-refractivity contribution is -0.132. The van der Waals surface area contributed by atoms with E-state index in [9.17, 15) is 4.79 Å². The van der Waals surface area contributed by atoms with E-state index in [1.807, 2.05) is 46.5 Å². The van der Waals surface area contributed by atoms with E-state index < -0.39 is 0 Å². The number of furan rings is 1. The first-order valence-electron chi connectivity index (χ1n) is 8.45. The second-order valence-electron chi connectivity index (χ2n) is 5.92. The van der Waals surface area contributed by atoms with Gasteiger partial charge in [0.05, 0.1) is 19.4 Å². The second-order valence-corrected chi connectivity index (χ2v) is 7.73. The molecule has 0 bridgehead atoms. The van der Waals surface area contributed by atoms with Gasteiger partial charge in [0.25, 0.3) is 0 Å². The summed E-state index contributed by atoms with van der Waals surface area (Å²) in [6, 6.07) is 9.64. The Kier molecular flexibility index (Phi) is 5.45. The molecule has 0 aliphatic rings. The first kappa shape index (κ1) is 17.7. The van der Waals surface area contributed by atoms with Gasteiger partial charge >= 0.3 is 0 Å². The second kappa shape index (κ2) is 8.32. The largest absolute Gasteiger partial charge is 0.467 e. The van der Waals surface area contributed by atoms with Gasteiger partial charge in [-0.1, -0.05) is 6.07 Å². The molecule has 4 rings (SSSR count). The SMILES string of the molecule is O=C(CCc1nnc(-c2ccsc2)o1)N(Cc1ccco1)Cc1cccs1. The molecule has 4 aromatic rings. The number of carbonyl (C=O) groups excluding carboxylic acids is 1. The van der Waals surface area contributed by atoms with E-state index >= 15 is 0 Å². The maximum Gasteiger partial charge on any atom is 0.248 e. The Labute approximate surface area is 164 Å². The van der Waals surface area contributed by atoms with E-state index in [1.165, 1.54) is 0 Å². The standard InChI is InChI=1S/C19H17N3O3S2/c23-18(6-5-17-20-21-19(25-17)14-7-10-26-13-14)22(11-15-3-1-8-24-15)12-16-4-2-9-27-16/h1-4,7-10,13H,5-6,11-12H2. The molecule has 0 saturated heterocycles. The average Bonchev–Trinajstić information content (AvgIpc) is 3.48. The Bertz CT molecular complexity index is 924. The molecule has 0 aliphatic carbocycles. The van der Waals surface area contributed by atoms with Gasteiger partial charge < -0.3 is 13.7 Å². The highest BCUT2D eigenvalue weighted by Crippen LogP contribution is 2.21. The van der Waals surface area contributed by atoms with Gasteiger partial charge in [0.15, 0.2) is 0 Å². The number of rotatable bonds is 8. The van der Waals surface area contributed by atoms with E-state index in [2.05, 4.69) is 10.2 Å². The topological polar surface area (TPSA) is 72.4 Å². The Hall–Kier alpha value is -2.71. The number of nitrogens with zero attached hydrogens (tertiary/aromatic N) is 3. The summed E-state index contributed by atoms with van der Waals surface area (Å²) < 4.78 is 11.1. The molecule has 0 atom stereocenters. The minimum absolute atomic E-state index is 0.0232. The molecule has 4 heterocycles. The first-order chi connectivity index (χ1) is 13.3. The van der Waals surface area contributed by atoms with E-state index in [4.69, 9.17) is 8.83 Å². The number of aryl methyl sites for hydroxylation is 1. The summed E-state index contributed by atoms with van der Waals surface area (Å²) in [5.41, 5.74) is 0.905.